The Morgan fingerprint density at radius 3 is 2.90 bits per heavy atom. The molecule has 2 atom stereocenters. The maximum Gasteiger partial charge on any atom is 0.309 e. The standard InChI is InChI=1S/C12H13BrClNO4S/c1-19-3-2-15-9(16)4-6(12(17)18)10(15)8-5-7(13)11(14)20-8/h5-6,10H,2-4H2,1H3,(H,17,18). The average Bonchev–Trinajstić information content (AvgIpc) is 2.88. The first kappa shape index (κ1) is 15.8. The Morgan fingerprint density at radius 2 is 2.40 bits per heavy atom. The van der Waals surface area contributed by atoms with Crippen LogP contribution < -0.4 is 0 Å². The van der Waals surface area contributed by atoms with Gasteiger partial charge in [-0.2, -0.15) is 0 Å². The van der Waals surface area contributed by atoms with Gasteiger partial charge in [-0.05, 0) is 22.0 Å². The summed E-state index contributed by atoms with van der Waals surface area (Å²) in [6.07, 6.45) is 0.0108. The summed E-state index contributed by atoms with van der Waals surface area (Å²) in [6.45, 7) is 0.742. The topological polar surface area (TPSA) is 66.8 Å². The van der Waals surface area contributed by atoms with Crippen LogP contribution in [0.1, 0.15) is 17.3 Å². The van der Waals surface area contributed by atoms with Gasteiger partial charge in [-0.15, -0.1) is 11.3 Å². The summed E-state index contributed by atoms with van der Waals surface area (Å²) in [5.41, 5.74) is 0. The first-order chi connectivity index (χ1) is 9.45. The van der Waals surface area contributed by atoms with Crippen molar-refractivity contribution in [1.29, 1.82) is 0 Å². The molecule has 0 aromatic carbocycles. The molecule has 1 fully saturated rings. The first-order valence-corrected chi connectivity index (χ1v) is 7.90. The molecule has 20 heavy (non-hydrogen) atoms. The van der Waals surface area contributed by atoms with Gasteiger partial charge in [-0.1, -0.05) is 11.6 Å². The number of thiophene rings is 1. The van der Waals surface area contributed by atoms with Crippen molar-refractivity contribution in [2.24, 2.45) is 5.92 Å². The summed E-state index contributed by atoms with van der Waals surface area (Å²) in [7, 11) is 1.54. The Kier molecular flexibility index (Phi) is 5.06. The molecule has 1 aromatic heterocycles. The molecule has 1 amide bonds. The Labute approximate surface area is 133 Å². The van der Waals surface area contributed by atoms with E-state index >= 15 is 0 Å². The van der Waals surface area contributed by atoms with Crippen LogP contribution in [0.4, 0.5) is 0 Å². The van der Waals surface area contributed by atoms with Gasteiger partial charge in [-0.3, -0.25) is 9.59 Å². The minimum absolute atomic E-state index is 0.0108. The SMILES string of the molecule is COCCN1C(=O)CC(C(=O)O)C1c1cc(Br)c(Cl)s1. The van der Waals surface area contributed by atoms with Gasteiger partial charge in [-0.25, -0.2) is 0 Å². The molecule has 1 saturated heterocycles. The van der Waals surface area contributed by atoms with E-state index in [0.717, 1.165) is 4.88 Å². The van der Waals surface area contributed by atoms with Crippen LogP contribution in [0, 0.1) is 5.92 Å². The number of carbonyl (C=O) groups is 2. The minimum Gasteiger partial charge on any atom is -0.481 e. The fourth-order valence-corrected chi connectivity index (χ4v) is 4.24. The van der Waals surface area contributed by atoms with E-state index in [1.54, 1.807) is 18.1 Å². The van der Waals surface area contributed by atoms with E-state index in [1.807, 2.05) is 0 Å². The number of aliphatic carboxylic acids is 1. The highest BCUT2D eigenvalue weighted by molar-refractivity contribution is 9.10. The van der Waals surface area contributed by atoms with E-state index < -0.39 is 17.9 Å². The summed E-state index contributed by atoms with van der Waals surface area (Å²) in [5, 5.41) is 9.33. The molecule has 0 saturated carbocycles. The molecule has 2 heterocycles. The number of carbonyl (C=O) groups excluding carboxylic acids is 1. The number of methoxy groups -OCH3 is 1. The molecule has 5 nitrogen and oxygen atoms in total. The lowest BCUT2D eigenvalue weighted by atomic mass is 9.99. The molecule has 0 radical (unpaired) electrons. The van der Waals surface area contributed by atoms with Crippen LogP contribution in [0.25, 0.3) is 0 Å². The lowest BCUT2D eigenvalue weighted by molar-refractivity contribution is -0.142. The third-order valence-corrected chi connectivity index (χ3v) is 5.79. The van der Waals surface area contributed by atoms with Crippen LogP contribution in [0.2, 0.25) is 4.34 Å². The highest BCUT2D eigenvalue weighted by Crippen LogP contribution is 2.44. The normalized spacial score (nSPS) is 22.6. The summed E-state index contributed by atoms with van der Waals surface area (Å²) < 4.78 is 6.26. The van der Waals surface area contributed by atoms with Crippen molar-refractivity contribution in [3.05, 3.63) is 19.8 Å². The molecular formula is C12H13BrClNO4S. The molecule has 2 rings (SSSR count). The molecule has 1 aliphatic heterocycles. The zero-order chi connectivity index (χ0) is 14.9. The molecular weight excluding hydrogens is 370 g/mol. The number of hydrogen-bond donors (Lipinski definition) is 1. The van der Waals surface area contributed by atoms with E-state index in [4.69, 9.17) is 16.3 Å². The van der Waals surface area contributed by atoms with Crippen LogP contribution >= 0.6 is 38.9 Å². The van der Waals surface area contributed by atoms with Crippen molar-refractivity contribution < 1.29 is 19.4 Å². The van der Waals surface area contributed by atoms with Crippen LogP contribution in [0.3, 0.4) is 0 Å². The zero-order valence-corrected chi connectivity index (χ0v) is 13.8. The molecule has 110 valence electrons. The lowest BCUT2D eigenvalue weighted by Crippen LogP contribution is -2.32. The van der Waals surface area contributed by atoms with Gasteiger partial charge in [0.15, 0.2) is 0 Å². The summed E-state index contributed by atoms with van der Waals surface area (Å²) in [5.74, 6) is -1.88. The third kappa shape index (κ3) is 3.00. The van der Waals surface area contributed by atoms with Crippen LogP contribution in [0.15, 0.2) is 10.5 Å². The van der Waals surface area contributed by atoms with Gasteiger partial charge in [0.25, 0.3) is 0 Å². The number of ether oxygens (including phenoxy) is 1. The van der Waals surface area contributed by atoms with E-state index in [9.17, 15) is 14.7 Å². The quantitative estimate of drug-likeness (QED) is 0.850. The lowest BCUT2D eigenvalue weighted by Gasteiger charge is -2.25. The van der Waals surface area contributed by atoms with Crippen molar-refractivity contribution in [3.63, 3.8) is 0 Å². The van der Waals surface area contributed by atoms with Crippen molar-refractivity contribution >= 4 is 50.7 Å². The molecule has 0 bridgehead atoms. The molecule has 0 aliphatic carbocycles. The second-order valence-electron chi connectivity index (χ2n) is 4.44. The molecule has 1 aliphatic rings. The summed E-state index contributed by atoms with van der Waals surface area (Å²) in [6, 6.07) is 1.30. The minimum atomic E-state index is -0.969. The number of nitrogens with zero attached hydrogens (tertiary/aromatic N) is 1. The number of halogens is 2. The Bertz CT molecular complexity index is 516. The van der Waals surface area contributed by atoms with Crippen LogP contribution in [-0.2, 0) is 14.3 Å². The molecule has 1 aromatic rings. The van der Waals surface area contributed by atoms with Crippen molar-refractivity contribution in [1.82, 2.24) is 4.90 Å². The molecule has 2 unspecified atom stereocenters. The predicted octanol–water partition coefficient (Wildman–Crippen LogP) is 2.78. The number of carboxylic acids is 1. The summed E-state index contributed by atoms with van der Waals surface area (Å²) >= 11 is 10.6. The van der Waals surface area contributed by atoms with Crippen molar-refractivity contribution in [3.8, 4) is 0 Å². The maximum atomic E-state index is 12.0. The largest absolute Gasteiger partial charge is 0.481 e. The van der Waals surface area contributed by atoms with E-state index in [2.05, 4.69) is 15.9 Å². The second kappa shape index (κ2) is 6.43. The average molecular weight is 383 g/mol. The number of amides is 1. The van der Waals surface area contributed by atoms with Gasteiger partial charge >= 0.3 is 5.97 Å². The van der Waals surface area contributed by atoms with Gasteiger partial charge < -0.3 is 14.7 Å². The number of rotatable bonds is 5. The fraction of sp³-hybridized carbons (Fsp3) is 0.500. The Morgan fingerprint density at radius 1 is 1.70 bits per heavy atom. The van der Waals surface area contributed by atoms with E-state index in [0.29, 0.717) is 22.0 Å². The van der Waals surface area contributed by atoms with Crippen molar-refractivity contribution in [2.75, 3.05) is 20.3 Å². The Balaban J connectivity index is 2.35. The number of hydrogen-bond acceptors (Lipinski definition) is 4. The highest BCUT2D eigenvalue weighted by atomic mass is 79.9. The first-order valence-electron chi connectivity index (χ1n) is 5.91. The maximum absolute atomic E-state index is 12.0. The third-order valence-electron chi connectivity index (χ3n) is 3.24. The fourth-order valence-electron chi connectivity index (χ4n) is 2.33. The molecule has 8 heteroatoms. The smallest absolute Gasteiger partial charge is 0.309 e. The number of carboxylic acid groups (broad SMARTS) is 1. The van der Waals surface area contributed by atoms with Crippen molar-refractivity contribution in [2.45, 2.75) is 12.5 Å². The molecule has 0 spiro atoms. The van der Waals surface area contributed by atoms with Crippen LogP contribution in [0.5, 0.6) is 0 Å². The van der Waals surface area contributed by atoms with Crippen LogP contribution in [-0.4, -0.2) is 42.1 Å². The second-order valence-corrected chi connectivity index (χ2v) is 6.98. The summed E-state index contributed by atoms with van der Waals surface area (Å²) in [4.78, 5) is 25.8. The zero-order valence-electron chi connectivity index (χ0n) is 10.6. The van der Waals surface area contributed by atoms with Gasteiger partial charge in [0.1, 0.15) is 4.34 Å². The Hall–Kier alpha value is -0.630. The number of likely N-dealkylation sites (tertiary alicyclic amines) is 1. The predicted molar refractivity (Wildman–Crippen MR) is 79.1 cm³/mol. The monoisotopic (exact) mass is 381 g/mol. The van der Waals surface area contributed by atoms with E-state index in [-0.39, 0.29) is 12.3 Å². The highest BCUT2D eigenvalue weighted by Gasteiger charge is 2.45. The van der Waals surface area contributed by atoms with Gasteiger partial charge in [0, 0.05) is 29.4 Å². The van der Waals surface area contributed by atoms with Gasteiger partial charge in [0.05, 0.1) is 18.6 Å². The van der Waals surface area contributed by atoms with Gasteiger partial charge in [0.2, 0.25) is 5.91 Å². The molecule has 1 N–H and O–H groups in total. The van der Waals surface area contributed by atoms with E-state index in [1.165, 1.54) is 11.3 Å².